The minimum absolute atomic E-state index is 0. The average Bonchev–Trinajstić information content (AvgIpc) is 3.11. The predicted molar refractivity (Wildman–Crippen MR) is 75.9 cm³/mol. The number of allylic oxidation sites excluding steroid dienone is 8. The maximum absolute atomic E-state index is 3.33. The van der Waals surface area contributed by atoms with Crippen molar-refractivity contribution in [3.63, 3.8) is 0 Å². The van der Waals surface area contributed by atoms with Crippen LogP contribution in [0.25, 0.3) is 0 Å². The van der Waals surface area contributed by atoms with Crippen LogP contribution in [0.3, 0.4) is 0 Å². The van der Waals surface area contributed by atoms with Gasteiger partial charge in [-0.15, -0.1) is 29.2 Å². The third-order valence-electron chi connectivity index (χ3n) is 3.46. The van der Waals surface area contributed by atoms with Crippen LogP contribution in [0.2, 0.25) is 0 Å². The van der Waals surface area contributed by atoms with E-state index in [-0.39, 0.29) is 26.2 Å². The van der Waals surface area contributed by atoms with Gasteiger partial charge in [-0.25, -0.2) is 0 Å². The summed E-state index contributed by atoms with van der Waals surface area (Å²) in [6.07, 6.45) is 16.4. The number of rotatable bonds is 4. The number of hydrogen-bond acceptors (Lipinski definition) is 0. The van der Waals surface area contributed by atoms with Crippen LogP contribution in [0.5, 0.6) is 0 Å². The summed E-state index contributed by atoms with van der Waals surface area (Å²) in [6.45, 7) is 0. The third kappa shape index (κ3) is 3.48. The molecule has 1 aromatic rings. The zero-order chi connectivity index (χ0) is 12.2. The topological polar surface area (TPSA) is 0 Å². The SMILES string of the molecule is [Zr+2].[c-]1ccccc1C[C-](C1=CC=CC1)C1=CC=CC1. The molecular formula is C18H16Zr. The molecule has 0 aromatic heterocycles. The van der Waals surface area contributed by atoms with Crippen molar-refractivity contribution < 1.29 is 26.2 Å². The van der Waals surface area contributed by atoms with Crippen LogP contribution in [-0.4, -0.2) is 0 Å². The molecule has 0 fully saturated rings. The second kappa shape index (κ2) is 6.91. The Morgan fingerprint density at radius 2 is 1.68 bits per heavy atom. The predicted octanol–water partition coefficient (Wildman–Crippen LogP) is 4.37. The molecule has 0 nitrogen and oxygen atoms in total. The van der Waals surface area contributed by atoms with E-state index in [1.54, 1.807) is 0 Å². The fourth-order valence-corrected chi connectivity index (χ4v) is 2.51. The van der Waals surface area contributed by atoms with Crippen molar-refractivity contribution in [2.75, 3.05) is 0 Å². The average molecular weight is 324 g/mol. The molecule has 1 aromatic carbocycles. The zero-order valence-corrected chi connectivity index (χ0v) is 13.4. The van der Waals surface area contributed by atoms with Crippen molar-refractivity contribution in [3.05, 3.63) is 89.4 Å². The summed E-state index contributed by atoms with van der Waals surface area (Å²) in [5.74, 6) is 1.48. The fraction of sp³-hybridized carbons (Fsp3) is 0.167. The van der Waals surface area contributed by atoms with E-state index >= 15 is 0 Å². The second-order valence-electron chi connectivity index (χ2n) is 4.69. The Hall–Kier alpha value is -1.07. The van der Waals surface area contributed by atoms with Crippen molar-refractivity contribution in [1.82, 2.24) is 0 Å². The van der Waals surface area contributed by atoms with Crippen LogP contribution >= 0.6 is 0 Å². The summed E-state index contributed by atoms with van der Waals surface area (Å²) < 4.78 is 0. The van der Waals surface area contributed by atoms with Crippen molar-refractivity contribution in [2.45, 2.75) is 19.3 Å². The molecule has 0 unspecified atom stereocenters. The molecule has 0 aliphatic heterocycles. The van der Waals surface area contributed by atoms with Gasteiger partial charge in [0.05, 0.1) is 0 Å². The molecule has 0 spiro atoms. The van der Waals surface area contributed by atoms with E-state index in [1.165, 1.54) is 22.6 Å². The molecule has 0 saturated heterocycles. The Morgan fingerprint density at radius 1 is 1.00 bits per heavy atom. The Balaban J connectivity index is 0.00000133. The fourth-order valence-electron chi connectivity index (χ4n) is 2.51. The Labute approximate surface area is 134 Å². The normalized spacial score (nSPS) is 16.0. The van der Waals surface area contributed by atoms with E-state index in [0.717, 1.165) is 19.3 Å². The van der Waals surface area contributed by atoms with E-state index in [1.807, 2.05) is 12.1 Å². The van der Waals surface area contributed by atoms with Crippen LogP contribution in [0.15, 0.2) is 71.9 Å². The first-order chi connectivity index (χ1) is 8.93. The Morgan fingerprint density at radius 3 is 2.16 bits per heavy atom. The quantitative estimate of drug-likeness (QED) is 0.722. The number of benzene rings is 1. The van der Waals surface area contributed by atoms with Crippen LogP contribution in [-0.2, 0) is 32.6 Å². The molecule has 0 N–H and O–H groups in total. The monoisotopic (exact) mass is 322 g/mol. The van der Waals surface area contributed by atoms with E-state index in [9.17, 15) is 0 Å². The third-order valence-corrected chi connectivity index (χ3v) is 3.46. The molecule has 19 heavy (non-hydrogen) atoms. The van der Waals surface area contributed by atoms with Crippen LogP contribution < -0.4 is 0 Å². The summed E-state index contributed by atoms with van der Waals surface area (Å²) in [6, 6.07) is 11.6. The summed E-state index contributed by atoms with van der Waals surface area (Å²) in [4.78, 5) is 0. The Kier molecular flexibility index (Phi) is 5.22. The van der Waals surface area contributed by atoms with E-state index in [0.29, 0.717) is 0 Å². The molecule has 0 radical (unpaired) electrons. The first kappa shape index (κ1) is 14.3. The molecule has 0 heterocycles. The van der Waals surface area contributed by atoms with Gasteiger partial charge in [-0.2, -0.15) is 48.0 Å². The maximum Gasteiger partial charge on any atom is 2.00 e. The standard InChI is InChI=1S/C18H16.Zr/c1-2-8-15(9-3-1)14-18(16-10-4-5-11-16)17-12-6-7-13-17;/h1-8,10,12H,11,13-14H2;/q-2;+2. The van der Waals surface area contributed by atoms with E-state index in [4.69, 9.17) is 0 Å². The molecule has 3 rings (SSSR count). The molecule has 2 aliphatic carbocycles. The molecule has 1 heteroatoms. The Bertz CT molecular complexity index is 502. The molecular weight excluding hydrogens is 307 g/mol. The maximum atomic E-state index is 3.33. The van der Waals surface area contributed by atoms with E-state index < -0.39 is 0 Å². The van der Waals surface area contributed by atoms with Gasteiger partial charge in [-0.1, -0.05) is 18.6 Å². The summed E-state index contributed by atoms with van der Waals surface area (Å²) in [7, 11) is 0. The van der Waals surface area contributed by atoms with Gasteiger partial charge in [-0.3, -0.25) is 0 Å². The van der Waals surface area contributed by atoms with Gasteiger partial charge in [-0.05, 0) is 12.8 Å². The smallest absolute Gasteiger partial charge is 0.181 e. The summed E-state index contributed by atoms with van der Waals surface area (Å²) in [5, 5.41) is 0. The zero-order valence-electron chi connectivity index (χ0n) is 10.9. The van der Waals surface area contributed by atoms with Gasteiger partial charge in [0.25, 0.3) is 0 Å². The first-order valence-corrected chi connectivity index (χ1v) is 6.47. The van der Waals surface area contributed by atoms with Gasteiger partial charge in [0.2, 0.25) is 0 Å². The summed E-state index contributed by atoms with van der Waals surface area (Å²) in [5.41, 5.74) is 4.19. The molecule has 0 saturated carbocycles. The minimum atomic E-state index is 0. The molecule has 0 bridgehead atoms. The van der Waals surface area contributed by atoms with Gasteiger partial charge >= 0.3 is 26.2 Å². The van der Waals surface area contributed by atoms with Crippen molar-refractivity contribution >= 4 is 0 Å². The van der Waals surface area contributed by atoms with Crippen LogP contribution in [0.1, 0.15) is 18.4 Å². The van der Waals surface area contributed by atoms with Crippen molar-refractivity contribution in [2.24, 2.45) is 0 Å². The van der Waals surface area contributed by atoms with Gasteiger partial charge in [0, 0.05) is 0 Å². The molecule has 0 amide bonds. The largest absolute Gasteiger partial charge is 2.00 e. The van der Waals surface area contributed by atoms with Crippen molar-refractivity contribution in [1.29, 1.82) is 0 Å². The van der Waals surface area contributed by atoms with E-state index in [2.05, 4.69) is 54.7 Å². The first-order valence-electron chi connectivity index (χ1n) is 6.47. The molecule has 0 atom stereocenters. The van der Waals surface area contributed by atoms with Crippen LogP contribution in [0.4, 0.5) is 0 Å². The second-order valence-corrected chi connectivity index (χ2v) is 4.69. The molecule has 2 aliphatic rings. The summed E-state index contributed by atoms with van der Waals surface area (Å²) >= 11 is 0. The van der Waals surface area contributed by atoms with Gasteiger partial charge < -0.3 is 0 Å². The van der Waals surface area contributed by atoms with Gasteiger partial charge in [0.1, 0.15) is 0 Å². The minimum Gasteiger partial charge on any atom is -0.181 e. The van der Waals surface area contributed by atoms with Gasteiger partial charge in [0.15, 0.2) is 0 Å². The number of hydrogen-bond donors (Lipinski definition) is 0. The van der Waals surface area contributed by atoms with Crippen LogP contribution in [0, 0.1) is 12.0 Å². The van der Waals surface area contributed by atoms with Crippen molar-refractivity contribution in [3.8, 4) is 0 Å². The molecule has 92 valence electrons.